The molecule has 0 aliphatic carbocycles. The first-order valence-corrected chi connectivity index (χ1v) is 10.3. The summed E-state index contributed by atoms with van der Waals surface area (Å²) in [4.78, 5) is 28.1. The molecule has 154 valence electrons. The predicted molar refractivity (Wildman–Crippen MR) is 109 cm³/mol. The van der Waals surface area contributed by atoms with Crippen LogP contribution >= 0.6 is 0 Å². The number of aryl methyl sites for hydroxylation is 1. The summed E-state index contributed by atoms with van der Waals surface area (Å²) in [6.07, 6.45) is 3.63. The van der Waals surface area contributed by atoms with E-state index in [2.05, 4.69) is 5.32 Å². The minimum atomic E-state index is 0.0691. The van der Waals surface area contributed by atoms with E-state index in [1.165, 1.54) is 6.42 Å². The van der Waals surface area contributed by atoms with Crippen LogP contribution in [0.1, 0.15) is 31.2 Å². The second-order valence-electron chi connectivity index (χ2n) is 8.46. The summed E-state index contributed by atoms with van der Waals surface area (Å²) in [6.45, 7) is 4.65. The maximum absolute atomic E-state index is 12.7. The van der Waals surface area contributed by atoms with E-state index < -0.39 is 0 Å². The fourth-order valence-corrected chi connectivity index (χ4v) is 4.35. The van der Waals surface area contributed by atoms with Crippen molar-refractivity contribution in [3.05, 3.63) is 29.8 Å². The van der Waals surface area contributed by atoms with E-state index in [0.29, 0.717) is 24.3 Å². The van der Waals surface area contributed by atoms with Crippen molar-refractivity contribution in [3.63, 3.8) is 0 Å². The molecule has 6 heteroatoms. The van der Waals surface area contributed by atoms with Crippen molar-refractivity contribution in [2.45, 2.75) is 38.6 Å². The average molecular weight is 388 g/mol. The average Bonchev–Trinajstić information content (AvgIpc) is 2.67. The maximum atomic E-state index is 12.7. The van der Waals surface area contributed by atoms with Gasteiger partial charge >= 0.3 is 0 Å². The smallest absolute Gasteiger partial charge is 0.260 e. The van der Waals surface area contributed by atoms with Gasteiger partial charge in [0.05, 0.1) is 0 Å². The van der Waals surface area contributed by atoms with Crippen LogP contribution in [-0.4, -0.2) is 68.0 Å². The highest BCUT2D eigenvalue weighted by Crippen LogP contribution is 2.30. The highest BCUT2D eigenvalue weighted by atomic mass is 16.5. The van der Waals surface area contributed by atoms with Gasteiger partial charge < -0.3 is 19.9 Å². The molecule has 2 heterocycles. The number of piperidine rings is 2. The predicted octanol–water partition coefficient (Wildman–Crippen LogP) is 2.07. The molecule has 0 aromatic heterocycles. The lowest BCUT2D eigenvalue weighted by molar-refractivity contribution is -0.137. The van der Waals surface area contributed by atoms with Crippen LogP contribution in [0.25, 0.3) is 0 Å². The molecule has 0 radical (unpaired) electrons. The summed E-state index contributed by atoms with van der Waals surface area (Å²) in [5.74, 6) is 1.98. The number of hydrogen-bond donors (Lipinski definition) is 1. The van der Waals surface area contributed by atoms with Crippen molar-refractivity contribution in [3.8, 4) is 5.75 Å². The van der Waals surface area contributed by atoms with Gasteiger partial charge in [-0.2, -0.15) is 0 Å². The highest BCUT2D eigenvalue weighted by Gasteiger charge is 2.37. The van der Waals surface area contributed by atoms with E-state index in [1.807, 2.05) is 36.1 Å². The van der Waals surface area contributed by atoms with Crippen molar-refractivity contribution in [1.82, 2.24) is 15.1 Å². The maximum Gasteiger partial charge on any atom is 0.260 e. The molecule has 28 heavy (non-hydrogen) atoms. The first kappa shape index (κ1) is 20.6. The Morgan fingerprint density at radius 1 is 1.29 bits per heavy atom. The summed E-state index contributed by atoms with van der Waals surface area (Å²) in [5.41, 5.74) is 1.12. The fourth-order valence-electron chi connectivity index (χ4n) is 4.35. The molecule has 2 amide bonds. The highest BCUT2D eigenvalue weighted by molar-refractivity contribution is 5.78. The topological polar surface area (TPSA) is 61.9 Å². The number of amides is 2. The van der Waals surface area contributed by atoms with E-state index in [1.54, 1.807) is 19.0 Å². The van der Waals surface area contributed by atoms with Crippen LogP contribution in [0.3, 0.4) is 0 Å². The number of benzene rings is 1. The lowest BCUT2D eigenvalue weighted by atomic mass is 9.79. The molecular weight excluding hydrogens is 354 g/mol. The van der Waals surface area contributed by atoms with Crippen LogP contribution in [0.4, 0.5) is 0 Å². The number of fused-ring (bicyclic) bond motifs is 2. The van der Waals surface area contributed by atoms with Gasteiger partial charge in [-0.1, -0.05) is 12.1 Å². The lowest BCUT2D eigenvalue weighted by Crippen LogP contribution is -2.57. The number of nitrogens with zero attached hydrogens (tertiary/aromatic N) is 2. The third-order valence-corrected chi connectivity index (χ3v) is 5.92. The lowest BCUT2D eigenvalue weighted by Gasteiger charge is -2.46. The molecule has 1 aromatic rings. The summed E-state index contributed by atoms with van der Waals surface area (Å²) in [6, 6.07) is 8.18. The van der Waals surface area contributed by atoms with Crippen molar-refractivity contribution in [2.75, 3.05) is 40.3 Å². The molecule has 3 rings (SSSR count). The fraction of sp³-hybridized carbons (Fsp3) is 0.636. The van der Waals surface area contributed by atoms with E-state index >= 15 is 0 Å². The molecular formula is C22H33N3O3. The van der Waals surface area contributed by atoms with Gasteiger partial charge in [-0.15, -0.1) is 0 Å². The van der Waals surface area contributed by atoms with Crippen LogP contribution in [-0.2, 0) is 9.59 Å². The molecule has 3 atom stereocenters. The molecule has 2 saturated heterocycles. The first-order chi connectivity index (χ1) is 13.4. The molecule has 0 saturated carbocycles. The quantitative estimate of drug-likeness (QED) is 0.778. The second kappa shape index (κ2) is 9.41. The van der Waals surface area contributed by atoms with Crippen LogP contribution in [0.5, 0.6) is 5.75 Å². The van der Waals surface area contributed by atoms with E-state index in [-0.39, 0.29) is 18.4 Å². The number of carbonyl (C=O) groups is 2. The van der Waals surface area contributed by atoms with Gasteiger partial charge in [-0.25, -0.2) is 0 Å². The normalized spacial score (nSPS) is 24.0. The van der Waals surface area contributed by atoms with Gasteiger partial charge in [-0.05, 0) is 62.3 Å². The summed E-state index contributed by atoms with van der Waals surface area (Å²) < 4.78 is 5.72. The Morgan fingerprint density at radius 3 is 2.86 bits per heavy atom. The zero-order valence-corrected chi connectivity index (χ0v) is 17.3. The largest absolute Gasteiger partial charge is 0.484 e. The monoisotopic (exact) mass is 387 g/mol. The summed E-state index contributed by atoms with van der Waals surface area (Å²) in [7, 11) is 3.60. The number of carbonyl (C=O) groups excluding carboxylic acids is 2. The standard InChI is InChI=1S/C22H33N3O3/c1-16-6-4-7-19(10-16)28-15-22(27)25-13-17-11-18(14-25)20(23-12-17)8-5-9-21(26)24(2)3/h4,6-7,10,17-18,20,23H,5,8-9,11-15H2,1-3H3/t17-,18+,20+/m0/s1. The third kappa shape index (κ3) is 5.47. The van der Waals surface area contributed by atoms with Gasteiger partial charge in [-0.3, -0.25) is 9.59 Å². The van der Waals surface area contributed by atoms with Gasteiger partial charge in [0.2, 0.25) is 5.91 Å². The molecule has 2 aliphatic rings. The first-order valence-electron chi connectivity index (χ1n) is 10.3. The number of ether oxygens (including phenoxy) is 1. The summed E-state index contributed by atoms with van der Waals surface area (Å²) in [5, 5.41) is 3.65. The Bertz CT molecular complexity index is 691. The third-order valence-electron chi connectivity index (χ3n) is 5.92. The van der Waals surface area contributed by atoms with E-state index in [0.717, 1.165) is 43.8 Å². The number of nitrogens with one attached hydrogen (secondary N) is 1. The minimum absolute atomic E-state index is 0.0691. The van der Waals surface area contributed by atoms with Crippen LogP contribution in [0, 0.1) is 18.8 Å². The molecule has 1 aromatic carbocycles. The summed E-state index contributed by atoms with van der Waals surface area (Å²) >= 11 is 0. The van der Waals surface area contributed by atoms with Crippen molar-refractivity contribution in [1.29, 1.82) is 0 Å². The second-order valence-corrected chi connectivity index (χ2v) is 8.46. The molecule has 6 nitrogen and oxygen atoms in total. The minimum Gasteiger partial charge on any atom is -0.484 e. The molecule has 2 fully saturated rings. The number of hydrogen-bond acceptors (Lipinski definition) is 4. The van der Waals surface area contributed by atoms with E-state index in [9.17, 15) is 9.59 Å². The Labute approximate surface area is 168 Å². The zero-order chi connectivity index (χ0) is 20.1. The van der Waals surface area contributed by atoms with Gasteiger partial charge in [0.15, 0.2) is 6.61 Å². The van der Waals surface area contributed by atoms with Gasteiger partial charge in [0, 0.05) is 39.6 Å². The van der Waals surface area contributed by atoms with Crippen molar-refractivity contribution >= 4 is 11.8 Å². The number of likely N-dealkylation sites (tertiary alicyclic amines) is 1. The Balaban J connectivity index is 1.48. The van der Waals surface area contributed by atoms with Crippen LogP contribution in [0.15, 0.2) is 24.3 Å². The van der Waals surface area contributed by atoms with Gasteiger partial charge in [0.1, 0.15) is 5.75 Å². The van der Waals surface area contributed by atoms with Crippen LogP contribution < -0.4 is 10.1 Å². The number of rotatable bonds is 7. The molecule has 1 N–H and O–H groups in total. The molecule has 2 bridgehead atoms. The van der Waals surface area contributed by atoms with Crippen molar-refractivity contribution in [2.24, 2.45) is 11.8 Å². The Morgan fingerprint density at radius 2 is 2.11 bits per heavy atom. The van der Waals surface area contributed by atoms with Gasteiger partial charge in [0.25, 0.3) is 5.91 Å². The SMILES string of the molecule is Cc1cccc(OCC(=O)N2C[C@@H]3CN[C@H](CCCC(=O)N(C)C)[C@H](C3)C2)c1. The van der Waals surface area contributed by atoms with Crippen LogP contribution in [0.2, 0.25) is 0 Å². The Kier molecular flexibility index (Phi) is 6.94. The molecule has 0 unspecified atom stereocenters. The van der Waals surface area contributed by atoms with Crippen molar-refractivity contribution < 1.29 is 14.3 Å². The molecule has 2 aliphatic heterocycles. The Hall–Kier alpha value is -2.08. The zero-order valence-electron chi connectivity index (χ0n) is 17.3. The molecule has 0 spiro atoms. The van der Waals surface area contributed by atoms with E-state index in [4.69, 9.17) is 4.74 Å².